The zero-order valence-electron chi connectivity index (χ0n) is 13.6. The summed E-state index contributed by atoms with van der Waals surface area (Å²) in [6.45, 7) is 0.255. The van der Waals surface area contributed by atoms with Crippen LogP contribution >= 0.6 is 23.1 Å². The molecule has 0 atom stereocenters. The first-order valence-corrected chi connectivity index (χ1v) is 9.53. The summed E-state index contributed by atoms with van der Waals surface area (Å²) in [5.74, 6) is -1.10. The first kappa shape index (κ1) is 18.3. The Labute approximate surface area is 157 Å². The second kappa shape index (κ2) is 8.29. The molecule has 5 nitrogen and oxygen atoms in total. The predicted molar refractivity (Wildman–Crippen MR) is 100 cm³/mol. The topological polar surface area (TPSA) is 66.5 Å². The molecule has 1 aliphatic rings. The minimum atomic E-state index is -0.476. The highest BCUT2D eigenvalue weighted by Gasteiger charge is 2.34. The van der Waals surface area contributed by atoms with E-state index in [1.807, 2.05) is 17.5 Å². The number of benzene rings is 1. The van der Waals surface area contributed by atoms with Crippen LogP contribution in [0.4, 0.5) is 9.18 Å². The van der Waals surface area contributed by atoms with Crippen molar-refractivity contribution in [3.05, 3.63) is 62.9 Å². The van der Waals surface area contributed by atoms with Crippen molar-refractivity contribution in [2.24, 2.45) is 0 Å². The molecule has 26 heavy (non-hydrogen) atoms. The fourth-order valence-corrected chi connectivity index (χ4v) is 3.93. The number of nitrogens with one attached hydrogen (secondary N) is 1. The quantitative estimate of drug-likeness (QED) is 0.769. The van der Waals surface area contributed by atoms with E-state index in [0.29, 0.717) is 0 Å². The maximum Gasteiger partial charge on any atom is 0.293 e. The molecule has 0 radical (unpaired) electrons. The highest BCUT2D eigenvalue weighted by molar-refractivity contribution is 8.18. The summed E-state index contributed by atoms with van der Waals surface area (Å²) in [5.41, 5.74) is 0.252. The Hall–Kier alpha value is -2.45. The third-order valence-electron chi connectivity index (χ3n) is 3.64. The normalized spacial score (nSPS) is 15.7. The van der Waals surface area contributed by atoms with Crippen LogP contribution < -0.4 is 5.32 Å². The van der Waals surface area contributed by atoms with Crippen LogP contribution in [0.3, 0.4) is 0 Å². The number of carbonyl (C=O) groups is 3. The molecular formula is C18H15FN2O3S2. The maximum absolute atomic E-state index is 13.7. The minimum Gasteiger partial charge on any atom is -0.354 e. The van der Waals surface area contributed by atoms with Crippen molar-refractivity contribution in [1.29, 1.82) is 0 Å². The Kier molecular flexibility index (Phi) is 5.85. The molecule has 0 unspecified atom stereocenters. The van der Waals surface area contributed by atoms with Crippen molar-refractivity contribution in [3.63, 3.8) is 0 Å². The van der Waals surface area contributed by atoms with Gasteiger partial charge in [-0.1, -0.05) is 24.3 Å². The molecule has 134 valence electrons. The van der Waals surface area contributed by atoms with Gasteiger partial charge in [-0.25, -0.2) is 4.39 Å². The lowest BCUT2D eigenvalue weighted by atomic mass is 10.2. The third kappa shape index (κ3) is 4.39. The number of halogens is 1. The summed E-state index contributed by atoms with van der Waals surface area (Å²) in [7, 11) is 0. The molecule has 1 fully saturated rings. The number of imide groups is 1. The fourth-order valence-electron chi connectivity index (χ4n) is 2.37. The lowest BCUT2D eigenvalue weighted by Crippen LogP contribution is -2.37. The second-order valence-corrected chi connectivity index (χ2v) is 7.49. The van der Waals surface area contributed by atoms with Crippen LogP contribution in [0.5, 0.6) is 0 Å². The summed E-state index contributed by atoms with van der Waals surface area (Å²) in [6.07, 6.45) is 1.64. The molecule has 3 amide bonds. The van der Waals surface area contributed by atoms with Crippen molar-refractivity contribution in [2.45, 2.75) is 6.42 Å². The lowest BCUT2D eigenvalue weighted by molar-refractivity contribution is -0.124. The van der Waals surface area contributed by atoms with E-state index >= 15 is 0 Å². The van der Waals surface area contributed by atoms with Crippen LogP contribution in [0.1, 0.15) is 10.4 Å². The monoisotopic (exact) mass is 390 g/mol. The third-order valence-corrected chi connectivity index (χ3v) is 5.42. The molecule has 8 heteroatoms. The average Bonchev–Trinajstić information content (AvgIpc) is 3.20. The number of thiophene rings is 1. The molecule has 0 spiro atoms. The number of amides is 3. The fraction of sp³-hybridized carbons (Fsp3) is 0.167. The zero-order chi connectivity index (χ0) is 18.5. The van der Waals surface area contributed by atoms with Gasteiger partial charge in [0.15, 0.2) is 0 Å². The summed E-state index contributed by atoms with van der Waals surface area (Å²) < 4.78 is 13.7. The number of thioether (sulfide) groups is 1. The number of carbonyl (C=O) groups excluding carboxylic acids is 3. The highest BCUT2D eigenvalue weighted by atomic mass is 32.2. The molecule has 1 N–H and O–H groups in total. The molecule has 1 aromatic carbocycles. The Bertz CT molecular complexity index is 865. The Balaban J connectivity index is 1.56. The van der Waals surface area contributed by atoms with Gasteiger partial charge in [0.2, 0.25) is 5.91 Å². The van der Waals surface area contributed by atoms with Crippen LogP contribution in [-0.2, 0) is 16.0 Å². The van der Waals surface area contributed by atoms with Crippen LogP contribution in [0, 0.1) is 5.82 Å². The van der Waals surface area contributed by atoms with Gasteiger partial charge < -0.3 is 5.32 Å². The molecular weight excluding hydrogens is 375 g/mol. The number of hydrogen-bond donors (Lipinski definition) is 1. The summed E-state index contributed by atoms with van der Waals surface area (Å²) in [4.78, 5) is 38.4. The van der Waals surface area contributed by atoms with E-state index < -0.39 is 17.0 Å². The molecule has 1 aliphatic heterocycles. The van der Waals surface area contributed by atoms with E-state index in [0.717, 1.165) is 21.5 Å². The summed E-state index contributed by atoms with van der Waals surface area (Å²) in [6, 6.07) is 9.77. The molecule has 3 rings (SSSR count). The van der Waals surface area contributed by atoms with Crippen molar-refractivity contribution >= 4 is 46.2 Å². The van der Waals surface area contributed by atoms with E-state index in [2.05, 4.69) is 5.32 Å². The predicted octanol–water partition coefficient (Wildman–Crippen LogP) is 3.28. The van der Waals surface area contributed by atoms with Gasteiger partial charge in [-0.15, -0.1) is 11.3 Å². The Morgan fingerprint density at radius 1 is 1.19 bits per heavy atom. The lowest BCUT2D eigenvalue weighted by Gasteiger charge is -2.12. The van der Waals surface area contributed by atoms with E-state index in [4.69, 9.17) is 0 Å². The first-order chi connectivity index (χ1) is 12.5. The second-order valence-electron chi connectivity index (χ2n) is 5.46. The van der Waals surface area contributed by atoms with E-state index in [1.54, 1.807) is 12.1 Å². The van der Waals surface area contributed by atoms with Crippen molar-refractivity contribution in [3.8, 4) is 0 Å². The average molecular weight is 390 g/mol. The molecule has 0 bridgehead atoms. The molecule has 2 aromatic rings. The molecule has 2 heterocycles. The van der Waals surface area contributed by atoms with Gasteiger partial charge in [-0.05, 0) is 35.4 Å². The smallest absolute Gasteiger partial charge is 0.293 e. The van der Waals surface area contributed by atoms with Crippen molar-refractivity contribution < 1.29 is 18.8 Å². The van der Waals surface area contributed by atoms with Gasteiger partial charge in [0.05, 0.1) is 11.3 Å². The van der Waals surface area contributed by atoms with Crippen LogP contribution in [0.15, 0.2) is 46.7 Å². The van der Waals surface area contributed by atoms with E-state index in [9.17, 15) is 18.8 Å². The first-order valence-electron chi connectivity index (χ1n) is 7.83. The summed E-state index contributed by atoms with van der Waals surface area (Å²) >= 11 is 2.26. The number of rotatable bonds is 6. The van der Waals surface area contributed by atoms with Crippen molar-refractivity contribution in [1.82, 2.24) is 10.2 Å². The largest absolute Gasteiger partial charge is 0.354 e. The standard InChI is InChI=1S/C18H15FN2O3S2/c19-14-6-2-1-4-12(14)10-15-17(23)21(18(24)26-15)8-7-20-16(22)11-13-5-3-9-25-13/h1-6,9-10H,7-8,11H2,(H,20,22)/b15-10-. The molecule has 0 saturated carbocycles. The van der Waals surface area contributed by atoms with Gasteiger partial charge in [0, 0.05) is 23.5 Å². The van der Waals surface area contributed by atoms with Gasteiger partial charge in [-0.2, -0.15) is 0 Å². The Morgan fingerprint density at radius 3 is 2.73 bits per heavy atom. The zero-order valence-corrected chi connectivity index (χ0v) is 15.2. The molecule has 1 saturated heterocycles. The summed E-state index contributed by atoms with van der Waals surface area (Å²) in [5, 5.41) is 4.16. The van der Waals surface area contributed by atoms with Gasteiger partial charge in [-0.3, -0.25) is 19.3 Å². The maximum atomic E-state index is 13.7. The van der Waals surface area contributed by atoms with Crippen LogP contribution in [0.25, 0.3) is 6.08 Å². The minimum absolute atomic E-state index is 0.0788. The number of nitrogens with zero attached hydrogens (tertiary/aromatic N) is 1. The van der Waals surface area contributed by atoms with Gasteiger partial charge in [0.1, 0.15) is 5.82 Å². The SMILES string of the molecule is O=C(Cc1cccs1)NCCN1C(=O)S/C(=C\c2ccccc2F)C1=O. The van der Waals surface area contributed by atoms with Crippen LogP contribution in [0.2, 0.25) is 0 Å². The number of hydrogen-bond acceptors (Lipinski definition) is 5. The van der Waals surface area contributed by atoms with Crippen LogP contribution in [-0.4, -0.2) is 35.0 Å². The van der Waals surface area contributed by atoms with Gasteiger partial charge >= 0.3 is 0 Å². The molecule has 0 aliphatic carbocycles. The Morgan fingerprint density at radius 2 is 2.00 bits per heavy atom. The van der Waals surface area contributed by atoms with Crippen molar-refractivity contribution in [2.75, 3.05) is 13.1 Å². The van der Waals surface area contributed by atoms with E-state index in [-0.39, 0.29) is 35.9 Å². The molecule has 1 aromatic heterocycles. The van der Waals surface area contributed by atoms with Gasteiger partial charge in [0.25, 0.3) is 11.1 Å². The highest BCUT2D eigenvalue weighted by Crippen LogP contribution is 2.32. The van der Waals surface area contributed by atoms with E-state index in [1.165, 1.54) is 29.5 Å².